The monoisotopic (exact) mass is 470 g/mol. The third-order valence-electron chi connectivity index (χ3n) is 6.39. The van der Waals surface area contributed by atoms with Gasteiger partial charge in [-0.25, -0.2) is 13.2 Å². The topological polar surface area (TPSA) is 38.7 Å². The Hall–Kier alpha value is -2.83. The summed E-state index contributed by atoms with van der Waals surface area (Å²) in [5.41, 5.74) is 2.42. The highest BCUT2D eigenvalue weighted by Crippen LogP contribution is 2.35. The first-order valence-corrected chi connectivity index (χ1v) is 11.7. The zero-order valence-electron chi connectivity index (χ0n) is 19.2. The maximum atomic E-state index is 14.7. The summed E-state index contributed by atoms with van der Waals surface area (Å²) in [6.07, 6.45) is 2.16. The maximum Gasteiger partial charge on any atom is 0.165 e. The molecule has 3 nitrogen and oxygen atoms in total. The Bertz CT molecular complexity index is 1110. The van der Waals surface area contributed by atoms with Crippen LogP contribution in [0.2, 0.25) is 0 Å². The van der Waals surface area contributed by atoms with E-state index >= 15 is 0 Å². The van der Waals surface area contributed by atoms with Crippen LogP contribution in [0.25, 0.3) is 11.1 Å². The summed E-state index contributed by atoms with van der Waals surface area (Å²) in [6.45, 7) is 2.70. The first-order valence-electron chi connectivity index (χ1n) is 11.7. The molecule has 34 heavy (non-hydrogen) atoms. The van der Waals surface area contributed by atoms with E-state index in [0.717, 1.165) is 5.56 Å². The highest BCUT2D eigenvalue weighted by molar-refractivity contribution is 5.65. The number of rotatable bonds is 8. The second-order valence-corrected chi connectivity index (χ2v) is 8.71. The molecule has 1 N–H and O–H groups in total. The van der Waals surface area contributed by atoms with Gasteiger partial charge in [-0.15, -0.1) is 0 Å². The highest BCUT2D eigenvalue weighted by Gasteiger charge is 2.25. The molecule has 3 aromatic rings. The lowest BCUT2D eigenvalue weighted by Gasteiger charge is -2.26. The summed E-state index contributed by atoms with van der Waals surface area (Å²) >= 11 is 0. The SMILES string of the molecule is CCOCc1ccc(-c2ccc(OCc3ccc(C4CCC(O)CC4)c(F)c3F)cc2)c(F)c1. The average Bonchev–Trinajstić information content (AvgIpc) is 2.85. The van der Waals surface area contributed by atoms with Crippen LogP contribution in [-0.4, -0.2) is 17.8 Å². The lowest BCUT2D eigenvalue weighted by molar-refractivity contribution is 0.122. The van der Waals surface area contributed by atoms with E-state index in [9.17, 15) is 18.3 Å². The highest BCUT2D eigenvalue weighted by atomic mass is 19.2. The normalized spacial score (nSPS) is 18.1. The van der Waals surface area contributed by atoms with Crippen molar-refractivity contribution < 1.29 is 27.8 Å². The molecule has 0 radical (unpaired) electrons. The predicted octanol–water partition coefficient (Wildman–Crippen LogP) is 6.90. The second-order valence-electron chi connectivity index (χ2n) is 8.71. The third kappa shape index (κ3) is 5.62. The Balaban J connectivity index is 1.40. The van der Waals surface area contributed by atoms with E-state index in [1.54, 1.807) is 42.5 Å². The van der Waals surface area contributed by atoms with Crippen molar-refractivity contribution in [1.29, 1.82) is 0 Å². The van der Waals surface area contributed by atoms with Gasteiger partial charge in [0, 0.05) is 17.7 Å². The number of hydrogen-bond acceptors (Lipinski definition) is 3. The first-order chi connectivity index (χ1) is 16.5. The summed E-state index contributed by atoms with van der Waals surface area (Å²) in [6, 6.07) is 15.0. The molecule has 1 saturated carbocycles. The second kappa shape index (κ2) is 11.1. The lowest BCUT2D eigenvalue weighted by atomic mass is 9.82. The molecule has 180 valence electrons. The van der Waals surface area contributed by atoms with Crippen molar-refractivity contribution in [2.45, 2.75) is 57.8 Å². The van der Waals surface area contributed by atoms with E-state index in [-0.39, 0.29) is 30.0 Å². The Labute approximate surface area is 198 Å². The number of ether oxygens (including phenoxy) is 2. The zero-order chi connectivity index (χ0) is 24.1. The van der Waals surface area contributed by atoms with Crippen LogP contribution in [0.4, 0.5) is 13.2 Å². The van der Waals surface area contributed by atoms with Gasteiger partial charge in [-0.2, -0.15) is 0 Å². The molecule has 1 fully saturated rings. The summed E-state index contributed by atoms with van der Waals surface area (Å²) in [4.78, 5) is 0. The zero-order valence-corrected chi connectivity index (χ0v) is 19.2. The predicted molar refractivity (Wildman–Crippen MR) is 125 cm³/mol. The molecule has 0 aliphatic heterocycles. The molecule has 0 saturated heterocycles. The van der Waals surface area contributed by atoms with Crippen LogP contribution in [0, 0.1) is 17.5 Å². The maximum absolute atomic E-state index is 14.7. The summed E-state index contributed by atoms with van der Waals surface area (Å²) in [5.74, 6) is -1.66. The van der Waals surface area contributed by atoms with Gasteiger partial charge in [0.2, 0.25) is 0 Å². The lowest BCUT2D eigenvalue weighted by Crippen LogP contribution is -2.18. The van der Waals surface area contributed by atoms with E-state index in [1.807, 2.05) is 13.0 Å². The number of halogens is 3. The van der Waals surface area contributed by atoms with Crippen molar-refractivity contribution in [3.8, 4) is 16.9 Å². The number of aliphatic hydroxyl groups excluding tert-OH is 1. The van der Waals surface area contributed by atoms with Gasteiger partial charge in [0.25, 0.3) is 0 Å². The van der Waals surface area contributed by atoms with Crippen molar-refractivity contribution in [3.05, 3.63) is 88.7 Å². The fourth-order valence-electron chi connectivity index (χ4n) is 4.41. The number of aliphatic hydroxyl groups is 1. The van der Waals surface area contributed by atoms with Gasteiger partial charge in [0.15, 0.2) is 11.6 Å². The van der Waals surface area contributed by atoms with E-state index in [4.69, 9.17) is 9.47 Å². The van der Waals surface area contributed by atoms with Crippen LogP contribution in [0.15, 0.2) is 54.6 Å². The third-order valence-corrected chi connectivity index (χ3v) is 6.39. The smallest absolute Gasteiger partial charge is 0.165 e. The molecule has 0 atom stereocenters. The summed E-state index contributed by atoms with van der Waals surface area (Å²) < 4.78 is 54.9. The van der Waals surface area contributed by atoms with E-state index in [0.29, 0.717) is 61.3 Å². The van der Waals surface area contributed by atoms with Gasteiger partial charge in [-0.1, -0.05) is 36.4 Å². The molecule has 0 aromatic heterocycles. The molecule has 0 unspecified atom stereocenters. The van der Waals surface area contributed by atoms with Crippen LogP contribution in [-0.2, 0) is 18.0 Å². The largest absolute Gasteiger partial charge is 0.489 e. The number of benzene rings is 3. The summed E-state index contributed by atoms with van der Waals surface area (Å²) in [5, 5.41) is 9.65. The van der Waals surface area contributed by atoms with Crippen molar-refractivity contribution in [1.82, 2.24) is 0 Å². The van der Waals surface area contributed by atoms with Gasteiger partial charge in [0.1, 0.15) is 18.2 Å². The van der Waals surface area contributed by atoms with Gasteiger partial charge in [-0.3, -0.25) is 0 Å². The molecule has 4 rings (SSSR count). The van der Waals surface area contributed by atoms with Crippen molar-refractivity contribution in [2.24, 2.45) is 0 Å². The average molecular weight is 471 g/mol. The van der Waals surface area contributed by atoms with Crippen LogP contribution >= 0.6 is 0 Å². The molecule has 0 heterocycles. The molecule has 6 heteroatoms. The van der Waals surface area contributed by atoms with E-state index in [2.05, 4.69) is 0 Å². The fourth-order valence-corrected chi connectivity index (χ4v) is 4.41. The molecule has 1 aliphatic rings. The number of hydrogen-bond donors (Lipinski definition) is 1. The van der Waals surface area contributed by atoms with Gasteiger partial charge in [0.05, 0.1) is 12.7 Å². The molecule has 0 amide bonds. The van der Waals surface area contributed by atoms with Crippen LogP contribution in [0.1, 0.15) is 55.2 Å². The minimum absolute atomic E-state index is 0.0750. The standard InChI is InChI=1S/C28H29F3O3/c1-2-33-16-18-3-13-24(26(29)15-18)19-6-11-23(12-7-19)34-17-21-8-14-25(28(31)27(21)30)20-4-9-22(32)10-5-20/h3,6-8,11-15,20,22,32H,2,4-5,9-10,16-17H2,1H3. The van der Waals surface area contributed by atoms with Crippen molar-refractivity contribution >= 4 is 0 Å². The minimum atomic E-state index is -0.894. The van der Waals surface area contributed by atoms with E-state index in [1.165, 1.54) is 6.07 Å². The van der Waals surface area contributed by atoms with Crippen LogP contribution in [0.3, 0.4) is 0 Å². The molecule has 0 spiro atoms. The fraction of sp³-hybridized carbons (Fsp3) is 0.357. The van der Waals surface area contributed by atoms with Gasteiger partial charge < -0.3 is 14.6 Å². The Kier molecular flexibility index (Phi) is 7.91. The molecule has 1 aliphatic carbocycles. The summed E-state index contributed by atoms with van der Waals surface area (Å²) in [7, 11) is 0. The molecular weight excluding hydrogens is 441 g/mol. The van der Waals surface area contributed by atoms with Gasteiger partial charge >= 0.3 is 0 Å². The quantitative estimate of drug-likeness (QED) is 0.389. The van der Waals surface area contributed by atoms with Crippen LogP contribution in [0.5, 0.6) is 5.75 Å². The molecular formula is C28H29F3O3. The Morgan fingerprint density at radius 3 is 2.26 bits per heavy atom. The van der Waals surface area contributed by atoms with Crippen molar-refractivity contribution in [3.63, 3.8) is 0 Å². The minimum Gasteiger partial charge on any atom is -0.489 e. The Morgan fingerprint density at radius 1 is 0.853 bits per heavy atom. The molecule has 0 bridgehead atoms. The van der Waals surface area contributed by atoms with Gasteiger partial charge in [-0.05, 0) is 73.4 Å². The van der Waals surface area contributed by atoms with Crippen LogP contribution < -0.4 is 4.74 Å². The molecule has 3 aromatic carbocycles. The Morgan fingerprint density at radius 2 is 1.59 bits per heavy atom. The van der Waals surface area contributed by atoms with E-state index < -0.39 is 11.6 Å². The van der Waals surface area contributed by atoms with Crippen molar-refractivity contribution in [2.75, 3.05) is 6.61 Å². The first kappa shape index (κ1) is 24.3.